The number of benzene rings is 1. The Balaban J connectivity index is 2.21. The summed E-state index contributed by atoms with van der Waals surface area (Å²) in [5.74, 6) is 0. The first-order valence-corrected chi connectivity index (χ1v) is 7.07. The first kappa shape index (κ1) is 14.2. The molecule has 1 aromatic rings. The molecule has 1 fully saturated rings. The number of hydrogen-bond donors (Lipinski definition) is 2. The molecule has 3 N–H and O–H groups in total. The lowest BCUT2D eigenvalue weighted by atomic mass is 10.1. The van der Waals surface area contributed by atoms with Gasteiger partial charge in [0.25, 0.3) is 0 Å². The lowest BCUT2D eigenvalue weighted by Gasteiger charge is -2.30. The number of anilines is 1. The largest absolute Gasteiger partial charge is 0.378 e. The van der Waals surface area contributed by atoms with Crippen LogP contribution in [0.3, 0.4) is 0 Å². The molecular formula is C12H15BrN4OS. The summed E-state index contributed by atoms with van der Waals surface area (Å²) in [5, 5.41) is 4.17. The van der Waals surface area contributed by atoms with E-state index >= 15 is 0 Å². The number of halogens is 1. The van der Waals surface area contributed by atoms with Crippen molar-refractivity contribution in [2.75, 3.05) is 31.2 Å². The lowest BCUT2D eigenvalue weighted by molar-refractivity contribution is 0.122. The molecule has 102 valence electrons. The standard InChI is InChI=1S/C12H15BrN4OS/c13-10-2-1-9(8-15-16-12(14)19)11(7-10)17-3-5-18-6-4-17/h1-2,7-8H,3-6H2,(H3,14,16,19). The summed E-state index contributed by atoms with van der Waals surface area (Å²) in [7, 11) is 0. The van der Waals surface area contributed by atoms with Gasteiger partial charge in [-0.15, -0.1) is 0 Å². The SMILES string of the molecule is NC(=S)NN=Cc1ccc(Br)cc1N1CCOCC1. The van der Waals surface area contributed by atoms with Crippen LogP contribution in [-0.4, -0.2) is 37.6 Å². The molecule has 1 aromatic carbocycles. The summed E-state index contributed by atoms with van der Waals surface area (Å²) < 4.78 is 6.41. The minimum atomic E-state index is 0.154. The molecule has 0 aliphatic carbocycles. The van der Waals surface area contributed by atoms with Crippen LogP contribution in [-0.2, 0) is 4.74 Å². The Morgan fingerprint density at radius 1 is 1.47 bits per heavy atom. The van der Waals surface area contributed by atoms with E-state index in [0.29, 0.717) is 0 Å². The molecule has 1 aliphatic heterocycles. The second kappa shape index (κ2) is 6.83. The van der Waals surface area contributed by atoms with Gasteiger partial charge in [-0.25, -0.2) is 0 Å². The molecule has 0 atom stereocenters. The summed E-state index contributed by atoms with van der Waals surface area (Å²) in [6, 6.07) is 6.05. The van der Waals surface area contributed by atoms with Crippen LogP contribution in [0.5, 0.6) is 0 Å². The molecule has 0 radical (unpaired) electrons. The second-order valence-electron chi connectivity index (χ2n) is 4.04. The zero-order valence-electron chi connectivity index (χ0n) is 10.3. The second-order valence-corrected chi connectivity index (χ2v) is 5.39. The van der Waals surface area contributed by atoms with E-state index in [1.165, 1.54) is 0 Å². The number of nitrogens with two attached hydrogens (primary N) is 1. The van der Waals surface area contributed by atoms with Crippen molar-refractivity contribution in [3.63, 3.8) is 0 Å². The van der Waals surface area contributed by atoms with Crippen molar-refractivity contribution in [1.29, 1.82) is 0 Å². The highest BCUT2D eigenvalue weighted by molar-refractivity contribution is 9.10. The topological polar surface area (TPSA) is 62.9 Å². The van der Waals surface area contributed by atoms with Crippen molar-refractivity contribution in [1.82, 2.24) is 5.43 Å². The molecule has 0 aromatic heterocycles. The molecule has 0 amide bonds. The van der Waals surface area contributed by atoms with Gasteiger partial charge in [0.15, 0.2) is 5.11 Å². The molecular weight excluding hydrogens is 328 g/mol. The molecule has 1 heterocycles. The predicted molar refractivity (Wildman–Crippen MR) is 84.7 cm³/mol. The number of thiocarbonyl (C=S) groups is 1. The molecule has 2 rings (SSSR count). The van der Waals surface area contributed by atoms with Crippen LogP contribution in [0.15, 0.2) is 27.8 Å². The third kappa shape index (κ3) is 4.15. The Labute approximate surface area is 125 Å². The normalized spacial score (nSPS) is 15.7. The van der Waals surface area contributed by atoms with E-state index in [-0.39, 0.29) is 5.11 Å². The van der Waals surface area contributed by atoms with Gasteiger partial charge in [0.2, 0.25) is 0 Å². The number of rotatable bonds is 3. The third-order valence-electron chi connectivity index (χ3n) is 2.72. The minimum absolute atomic E-state index is 0.154. The maximum atomic E-state index is 5.37. The molecule has 1 saturated heterocycles. The average molecular weight is 343 g/mol. The van der Waals surface area contributed by atoms with Crippen molar-refractivity contribution in [2.24, 2.45) is 10.8 Å². The Morgan fingerprint density at radius 2 is 2.21 bits per heavy atom. The maximum Gasteiger partial charge on any atom is 0.184 e. The van der Waals surface area contributed by atoms with Gasteiger partial charge >= 0.3 is 0 Å². The van der Waals surface area contributed by atoms with Crippen molar-refractivity contribution in [3.8, 4) is 0 Å². The maximum absolute atomic E-state index is 5.37. The van der Waals surface area contributed by atoms with E-state index in [0.717, 1.165) is 42.0 Å². The van der Waals surface area contributed by atoms with Crippen LogP contribution in [0.1, 0.15) is 5.56 Å². The molecule has 0 saturated carbocycles. The van der Waals surface area contributed by atoms with Crippen molar-refractivity contribution >= 4 is 45.2 Å². The van der Waals surface area contributed by atoms with Crippen molar-refractivity contribution < 1.29 is 4.74 Å². The summed E-state index contributed by atoms with van der Waals surface area (Å²) in [4.78, 5) is 2.27. The van der Waals surface area contributed by atoms with Gasteiger partial charge in [0.05, 0.1) is 19.4 Å². The fourth-order valence-corrected chi connectivity index (χ4v) is 2.27. The predicted octanol–water partition coefficient (Wildman–Crippen LogP) is 1.45. The van der Waals surface area contributed by atoms with Crippen LogP contribution in [0.2, 0.25) is 0 Å². The van der Waals surface area contributed by atoms with E-state index in [1.807, 2.05) is 12.1 Å². The number of ether oxygens (including phenoxy) is 1. The fraction of sp³-hybridized carbons (Fsp3) is 0.333. The van der Waals surface area contributed by atoms with Gasteiger partial charge in [0, 0.05) is 28.8 Å². The first-order chi connectivity index (χ1) is 9.16. The molecule has 0 spiro atoms. The smallest absolute Gasteiger partial charge is 0.184 e. The summed E-state index contributed by atoms with van der Waals surface area (Å²) in [6.07, 6.45) is 1.72. The Morgan fingerprint density at radius 3 is 2.89 bits per heavy atom. The highest BCUT2D eigenvalue weighted by atomic mass is 79.9. The average Bonchev–Trinajstić information content (AvgIpc) is 2.41. The van der Waals surface area contributed by atoms with Crippen LogP contribution in [0, 0.1) is 0 Å². The molecule has 7 heteroatoms. The lowest BCUT2D eigenvalue weighted by Crippen LogP contribution is -2.36. The minimum Gasteiger partial charge on any atom is -0.378 e. The Hall–Kier alpha value is -1.18. The molecule has 0 bridgehead atoms. The highest BCUT2D eigenvalue weighted by Crippen LogP contribution is 2.24. The van der Waals surface area contributed by atoms with Gasteiger partial charge < -0.3 is 15.4 Å². The van der Waals surface area contributed by atoms with Crippen LogP contribution in [0.4, 0.5) is 5.69 Å². The van der Waals surface area contributed by atoms with Gasteiger partial charge in [0.1, 0.15) is 0 Å². The zero-order valence-corrected chi connectivity index (χ0v) is 12.7. The fourth-order valence-electron chi connectivity index (χ4n) is 1.87. The van der Waals surface area contributed by atoms with Crippen molar-refractivity contribution in [3.05, 3.63) is 28.2 Å². The van der Waals surface area contributed by atoms with Crippen LogP contribution >= 0.6 is 28.1 Å². The molecule has 0 unspecified atom stereocenters. The van der Waals surface area contributed by atoms with Gasteiger partial charge in [-0.2, -0.15) is 5.10 Å². The van der Waals surface area contributed by atoms with Crippen LogP contribution in [0.25, 0.3) is 0 Å². The summed E-state index contributed by atoms with van der Waals surface area (Å²) in [5.41, 5.74) is 10.0. The first-order valence-electron chi connectivity index (χ1n) is 5.87. The van der Waals surface area contributed by atoms with Gasteiger partial charge in [-0.1, -0.05) is 22.0 Å². The Bertz CT molecular complexity index is 489. The van der Waals surface area contributed by atoms with E-state index in [2.05, 4.69) is 37.4 Å². The number of morpholine rings is 1. The number of hydrazone groups is 1. The van der Waals surface area contributed by atoms with E-state index in [4.69, 9.17) is 22.7 Å². The quantitative estimate of drug-likeness (QED) is 0.494. The molecule has 19 heavy (non-hydrogen) atoms. The highest BCUT2D eigenvalue weighted by Gasteiger charge is 2.14. The van der Waals surface area contributed by atoms with Crippen molar-refractivity contribution in [2.45, 2.75) is 0 Å². The summed E-state index contributed by atoms with van der Waals surface area (Å²) in [6.45, 7) is 3.24. The monoisotopic (exact) mass is 342 g/mol. The van der Waals surface area contributed by atoms with Gasteiger partial charge in [-0.05, 0) is 24.4 Å². The molecule has 5 nitrogen and oxygen atoms in total. The van der Waals surface area contributed by atoms with E-state index < -0.39 is 0 Å². The van der Waals surface area contributed by atoms with E-state index in [9.17, 15) is 0 Å². The third-order valence-corrected chi connectivity index (χ3v) is 3.31. The molecule has 1 aliphatic rings. The number of nitrogens with zero attached hydrogens (tertiary/aromatic N) is 2. The van der Waals surface area contributed by atoms with E-state index in [1.54, 1.807) is 6.21 Å². The number of hydrogen-bond acceptors (Lipinski definition) is 4. The number of nitrogens with one attached hydrogen (secondary N) is 1. The van der Waals surface area contributed by atoms with Crippen LogP contribution < -0.4 is 16.1 Å². The zero-order chi connectivity index (χ0) is 13.7. The summed E-state index contributed by atoms with van der Waals surface area (Å²) >= 11 is 8.20. The Kier molecular flexibility index (Phi) is 5.12. The van der Waals surface area contributed by atoms with Gasteiger partial charge in [-0.3, -0.25) is 5.43 Å².